The molecular weight excluding hydrogens is 184 g/mol. The van der Waals surface area contributed by atoms with Gasteiger partial charge >= 0.3 is 5.97 Å². The van der Waals surface area contributed by atoms with E-state index in [0.717, 1.165) is 0 Å². The monoisotopic (exact) mass is 202 g/mol. The highest BCUT2D eigenvalue weighted by atomic mass is 16.5. The van der Waals surface area contributed by atoms with E-state index in [1.807, 2.05) is 13.8 Å². The number of hydrogen-bond donors (Lipinski definition) is 1. The Morgan fingerprint density at radius 1 is 1.36 bits per heavy atom. The van der Waals surface area contributed by atoms with Crippen molar-refractivity contribution in [3.63, 3.8) is 0 Å². The van der Waals surface area contributed by atoms with Crippen LogP contribution in [0.2, 0.25) is 0 Å². The zero-order chi connectivity index (χ0) is 11.1. The summed E-state index contributed by atoms with van der Waals surface area (Å²) in [5, 5.41) is 2.51. The maximum atomic E-state index is 11.1. The van der Waals surface area contributed by atoms with Crippen molar-refractivity contribution in [1.82, 2.24) is 10.2 Å². The van der Waals surface area contributed by atoms with Gasteiger partial charge in [-0.2, -0.15) is 0 Å². The lowest BCUT2D eigenvalue weighted by Crippen LogP contribution is -2.42. The van der Waals surface area contributed by atoms with Crippen LogP contribution >= 0.6 is 0 Å². The van der Waals surface area contributed by atoms with E-state index >= 15 is 0 Å². The van der Waals surface area contributed by atoms with Crippen LogP contribution in [0.25, 0.3) is 0 Å². The molecule has 0 fully saturated rings. The smallest absolute Gasteiger partial charge is 0.319 e. The second-order valence-corrected chi connectivity index (χ2v) is 3.25. The number of rotatable bonds is 5. The van der Waals surface area contributed by atoms with Crippen LogP contribution in [0.15, 0.2) is 0 Å². The number of carbonyl (C=O) groups is 2. The molecule has 0 atom stereocenters. The van der Waals surface area contributed by atoms with Crippen molar-refractivity contribution >= 4 is 11.9 Å². The van der Waals surface area contributed by atoms with Gasteiger partial charge in [0.05, 0.1) is 20.2 Å². The first kappa shape index (κ1) is 12.9. The van der Waals surface area contributed by atoms with E-state index in [9.17, 15) is 9.59 Å². The molecule has 0 unspecified atom stereocenters. The highest BCUT2D eigenvalue weighted by molar-refractivity contribution is 5.79. The van der Waals surface area contributed by atoms with Crippen molar-refractivity contribution in [3.05, 3.63) is 0 Å². The Morgan fingerprint density at radius 3 is 2.29 bits per heavy atom. The molecule has 0 rings (SSSR count). The van der Waals surface area contributed by atoms with Gasteiger partial charge in [-0.15, -0.1) is 0 Å². The minimum Gasteiger partial charge on any atom is -0.468 e. The van der Waals surface area contributed by atoms with Gasteiger partial charge in [0, 0.05) is 13.1 Å². The van der Waals surface area contributed by atoms with Gasteiger partial charge < -0.3 is 10.1 Å². The Morgan fingerprint density at radius 2 is 1.93 bits per heavy atom. The number of likely N-dealkylation sites (N-methyl/N-ethyl adjacent to an activating group) is 1. The number of methoxy groups -OCH3 is 1. The predicted molar refractivity (Wildman–Crippen MR) is 52.8 cm³/mol. The summed E-state index contributed by atoms with van der Waals surface area (Å²) < 4.78 is 4.53. The Bertz CT molecular complexity index is 186. The fraction of sp³-hybridized carbons (Fsp3) is 0.778. The number of nitrogens with one attached hydrogen (secondary N) is 1. The van der Waals surface area contributed by atoms with Crippen LogP contribution in [-0.4, -0.2) is 50.1 Å². The molecule has 82 valence electrons. The third kappa shape index (κ3) is 4.81. The molecule has 0 saturated carbocycles. The minimum absolute atomic E-state index is 0.109. The summed E-state index contributed by atoms with van der Waals surface area (Å²) in [5.41, 5.74) is 0. The Labute approximate surface area is 84.4 Å². The topological polar surface area (TPSA) is 58.6 Å². The molecule has 0 heterocycles. The molecule has 5 nitrogen and oxygen atoms in total. The standard InChI is InChI=1S/C9H18N2O3/c1-7(2)11(5-8(12)10-3)6-9(13)14-4/h7H,5-6H2,1-4H3,(H,10,12). The highest BCUT2D eigenvalue weighted by Gasteiger charge is 2.16. The van der Waals surface area contributed by atoms with Crippen molar-refractivity contribution in [2.45, 2.75) is 19.9 Å². The Hall–Kier alpha value is -1.10. The van der Waals surface area contributed by atoms with Crippen molar-refractivity contribution < 1.29 is 14.3 Å². The van der Waals surface area contributed by atoms with Gasteiger partial charge in [-0.25, -0.2) is 0 Å². The van der Waals surface area contributed by atoms with E-state index in [1.165, 1.54) is 7.11 Å². The SMILES string of the molecule is CNC(=O)CN(CC(=O)OC)C(C)C. The lowest BCUT2D eigenvalue weighted by Gasteiger charge is -2.23. The van der Waals surface area contributed by atoms with Crippen molar-refractivity contribution in [3.8, 4) is 0 Å². The number of amides is 1. The summed E-state index contributed by atoms with van der Waals surface area (Å²) in [7, 11) is 2.90. The molecule has 0 aromatic carbocycles. The van der Waals surface area contributed by atoms with Crippen LogP contribution in [-0.2, 0) is 14.3 Å². The van der Waals surface area contributed by atoms with Gasteiger partial charge in [0.15, 0.2) is 0 Å². The van der Waals surface area contributed by atoms with Crippen LogP contribution in [0.1, 0.15) is 13.8 Å². The second-order valence-electron chi connectivity index (χ2n) is 3.25. The highest BCUT2D eigenvalue weighted by Crippen LogP contribution is 1.97. The van der Waals surface area contributed by atoms with E-state index in [1.54, 1.807) is 11.9 Å². The average Bonchev–Trinajstić information content (AvgIpc) is 2.16. The molecule has 0 spiro atoms. The molecule has 5 heteroatoms. The second kappa shape index (κ2) is 6.37. The zero-order valence-corrected chi connectivity index (χ0v) is 9.16. The number of esters is 1. The van der Waals surface area contributed by atoms with Crippen LogP contribution in [0.4, 0.5) is 0 Å². The van der Waals surface area contributed by atoms with Crippen molar-refractivity contribution in [2.24, 2.45) is 0 Å². The average molecular weight is 202 g/mol. The van der Waals surface area contributed by atoms with E-state index in [-0.39, 0.29) is 31.0 Å². The van der Waals surface area contributed by atoms with Crippen LogP contribution in [0.5, 0.6) is 0 Å². The Kier molecular flexibility index (Phi) is 5.87. The van der Waals surface area contributed by atoms with Gasteiger partial charge in [-0.05, 0) is 13.8 Å². The maximum Gasteiger partial charge on any atom is 0.319 e. The van der Waals surface area contributed by atoms with Crippen LogP contribution < -0.4 is 5.32 Å². The predicted octanol–water partition coefficient (Wildman–Crippen LogP) is -0.384. The number of carbonyl (C=O) groups excluding carboxylic acids is 2. The number of hydrogen-bond acceptors (Lipinski definition) is 4. The third-order valence-corrected chi connectivity index (χ3v) is 1.92. The summed E-state index contributed by atoms with van der Waals surface area (Å²) in [6.07, 6.45) is 0. The lowest BCUT2D eigenvalue weighted by atomic mass is 10.3. The van der Waals surface area contributed by atoms with Gasteiger partial charge in [0.25, 0.3) is 0 Å². The molecule has 0 aliphatic carbocycles. The fourth-order valence-corrected chi connectivity index (χ4v) is 0.915. The molecule has 0 aromatic heterocycles. The summed E-state index contributed by atoms with van der Waals surface area (Å²) in [6.45, 7) is 4.20. The first-order valence-corrected chi connectivity index (χ1v) is 4.52. The molecule has 0 saturated heterocycles. The van der Waals surface area contributed by atoms with E-state index in [0.29, 0.717) is 0 Å². The quantitative estimate of drug-likeness (QED) is 0.617. The zero-order valence-electron chi connectivity index (χ0n) is 9.16. The first-order valence-electron chi connectivity index (χ1n) is 4.52. The Balaban J connectivity index is 4.16. The molecular formula is C9H18N2O3. The normalized spacial score (nSPS) is 10.4. The van der Waals surface area contributed by atoms with Crippen LogP contribution in [0, 0.1) is 0 Å². The number of ether oxygens (including phenoxy) is 1. The molecule has 0 aliphatic heterocycles. The summed E-state index contributed by atoms with van der Waals surface area (Å²) >= 11 is 0. The maximum absolute atomic E-state index is 11.1. The van der Waals surface area contributed by atoms with Crippen molar-refractivity contribution in [1.29, 1.82) is 0 Å². The lowest BCUT2D eigenvalue weighted by molar-refractivity contribution is -0.142. The van der Waals surface area contributed by atoms with Crippen molar-refractivity contribution in [2.75, 3.05) is 27.2 Å². The molecule has 1 N–H and O–H groups in total. The largest absolute Gasteiger partial charge is 0.468 e. The molecule has 0 radical (unpaired) electrons. The van der Waals surface area contributed by atoms with Crippen LogP contribution in [0.3, 0.4) is 0 Å². The van der Waals surface area contributed by atoms with E-state index < -0.39 is 0 Å². The minimum atomic E-state index is -0.331. The summed E-state index contributed by atoms with van der Waals surface area (Å²) in [6, 6.07) is 0.131. The molecule has 0 bridgehead atoms. The van der Waals surface area contributed by atoms with Gasteiger partial charge in [0.2, 0.25) is 5.91 Å². The molecule has 14 heavy (non-hydrogen) atoms. The third-order valence-electron chi connectivity index (χ3n) is 1.92. The summed E-state index contributed by atoms with van der Waals surface area (Å²) in [5.74, 6) is -0.440. The fourth-order valence-electron chi connectivity index (χ4n) is 0.915. The van der Waals surface area contributed by atoms with Gasteiger partial charge in [-0.3, -0.25) is 14.5 Å². The van der Waals surface area contributed by atoms with Gasteiger partial charge in [0.1, 0.15) is 0 Å². The van der Waals surface area contributed by atoms with E-state index in [2.05, 4.69) is 10.1 Å². The molecule has 1 amide bonds. The first-order chi connectivity index (χ1) is 6.51. The molecule has 0 aromatic rings. The van der Waals surface area contributed by atoms with Gasteiger partial charge in [-0.1, -0.05) is 0 Å². The molecule has 0 aliphatic rings. The van der Waals surface area contributed by atoms with E-state index in [4.69, 9.17) is 0 Å². The summed E-state index contributed by atoms with van der Waals surface area (Å²) in [4.78, 5) is 23.8. The number of nitrogens with zero attached hydrogens (tertiary/aromatic N) is 1.